The summed E-state index contributed by atoms with van der Waals surface area (Å²) in [6, 6.07) is 10.6. The lowest BCUT2D eigenvalue weighted by Crippen LogP contribution is -2.39. The van der Waals surface area contributed by atoms with Crippen LogP contribution in [0.1, 0.15) is 25.8 Å². The van der Waals surface area contributed by atoms with Crippen LogP contribution < -0.4 is 14.4 Å². The number of benzene rings is 2. The molecule has 0 aliphatic carbocycles. The average molecular weight is 455 g/mol. The van der Waals surface area contributed by atoms with Gasteiger partial charge in [-0.2, -0.15) is 0 Å². The zero-order valence-corrected chi connectivity index (χ0v) is 20.1. The predicted molar refractivity (Wildman–Crippen MR) is 127 cm³/mol. The molecule has 2 unspecified atom stereocenters. The van der Waals surface area contributed by atoms with Crippen LogP contribution in [0.25, 0.3) is 10.9 Å². The van der Waals surface area contributed by atoms with E-state index < -0.39 is 9.84 Å². The molecule has 2 heterocycles. The Morgan fingerprint density at radius 3 is 2.16 bits per heavy atom. The Morgan fingerprint density at radius 2 is 1.56 bits per heavy atom. The number of anilines is 1. The van der Waals surface area contributed by atoms with E-state index >= 15 is 0 Å². The molecule has 1 saturated heterocycles. The first kappa shape index (κ1) is 22.4. The van der Waals surface area contributed by atoms with E-state index in [1.807, 2.05) is 25.1 Å². The molecule has 1 aliphatic rings. The number of rotatable bonds is 5. The number of sulfone groups is 1. The second kappa shape index (κ2) is 8.62. The number of piperidine rings is 1. The fourth-order valence-corrected chi connectivity index (χ4v) is 6.13. The molecule has 2 aromatic carbocycles. The minimum absolute atomic E-state index is 0.224. The van der Waals surface area contributed by atoms with Crippen molar-refractivity contribution in [1.82, 2.24) is 4.98 Å². The zero-order valence-electron chi connectivity index (χ0n) is 19.3. The van der Waals surface area contributed by atoms with Crippen LogP contribution in [0, 0.1) is 18.8 Å². The topological polar surface area (TPSA) is 68.7 Å². The lowest BCUT2D eigenvalue weighted by Gasteiger charge is -2.38. The van der Waals surface area contributed by atoms with Crippen molar-refractivity contribution in [2.24, 2.45) is 11.8 Å². The van der Waals surface area contributed by atoms with Gasteiger partial charge in [0.15, 0.2) is 11.5 Å². The van der Waals surface area contributed by atoms with Gasteiger partial charge in [0.1, 0.15) is 4.90 Å². The van der Waals surface area contributed by atoms with E-state index in [4.69, 9.17) is 9.47 Å². The Morgan fingerprint density at radius 1 is 0.969 bits per heavy atom. The highest BCUT2D eigenvalue weighted by Crippen LogP contribution is 2.42. The highest BCUT2D eigenvalue weighted by molar-refractivity contribution is 7.91. The summed E-state index contributed by atoms with van der Waals surface area (Å²) in [5.41, 5.74) is 2.37. The monoisotopic (exact) mass is 454 g/mol. The summed E-state index contributed by atoms with van der Waals surface area (Å²) in [6.45, 7) is 7.94. The molecule has 1 aromatic heterocycles. The maximum absolute atomic E-state index is 13.8. The molecule has 0 bridgehead atoms. The molecule has 0 spiro atoms. The fourth-order valence-electron chi connectivity index (χ4n) is 4.70. The number of methoxy groups -OCH3 is 2. The number of aryl methyl sites for hydroxylation is 1. The van der Waals surface area contributed by atoms with Crippen LogP contribution in [-0.2, 0) is 9.84 Å². The molecule has 0 amide bonds. The summed E-state index contributed by atoms with van der Waals surface area (Å²) in [7, 11) is -0.617. The van der Waals surface area contributed by atoms with Gasteiger partial charge >= 0.3 is 0 Å². The molecule has 32 heavy (non-hydrogen) atoms. The molecule has 1 fully saturated rings. The largest absolute Gasteiger partial charge is 0.493 e. The lowest BCUT2D eigenvalue weighted by atomic mass is 9.91. The molecule has 0 radical (unpaired) electrons. The zero-order chi connectivity index (χ0) is 23.0. The van der Waals surface area contributed by atoms with Crippen LogP contribution in [0.2, 0.25) is 0 Å². The molecule has 0 N–H and O–H groups in total. The van der Waals surface area contributed by atoms with Crippen molar-refractivity contribution in [3.63, 3.8) is 0 Å². The van der Waals surface area contributed by atoms with Gasteiger partial charge in [0, 0.05) is 30.7 Å². The summed E-state index contributed by atoms with van der Waals surface area (Å²) < 4.78 is 38.5. The second-order valence-corrected chi connectivity index (χ2v) is 10.8. The molecule has 1 aliphatic heterocycles. The van der Waals surface area contributed by atoms with Gasteiger partial charge in [0.05, 0.1) is 30.3 Å². The van der Waals surface area contributed by atoms with Gasteiger partial charge in [0.25, 0.3) is 0 Å². The molecule has 170 valence electrons. The Kier molecular flexibility index (Phi) is 6.03. The molecule has 6 nitrogen and oxygen atoms in total. The first-order valence-corrected chi connectivity index (χ1v) is 12.3. The van der Waals surface area contributed by atoms with Crippen LogP contribution in [0.4, 0.5) is 5.69 Å². The average Bonchev–Trinajstić information content (AvgIpc) is 2.76. The molecular formula is C25H30N2O4S. The summed E-state index contributed by atoms with van der Waals surface area (Å²) in [5.74, 6) is 2.02. The molecule has 3 aromatic rings. The van der Waals surface area contributed by atoms with Crippen LogP contribution in [0.15, 0.2) is 52.4 Å². The number of hydrogen-bond acceptors (Lipinski definition) is 6. The predicted octanol–water partition coefficient (Wildman–Crippen LogP) is 4.88. The Bertz CT molecular complexity index is 1230. The van der Waals surface area contributed by atoms with E-state index in [1.165, 1.54) is 6.20 Å². The fraction of sp³-hybridized carbons (Fsp3) is 0.400. The third-order valence-corrected chi connectivity index (χ3v) is 7.89. The molecule has 4 rings (SSSR count). The van der Waals surface area contributed by atoms with E-state index in [0.29, 0.717) is 34.5 Å². The Hall–Kier alpha value is -2.80. The molecule has 2 atom stereocenters. The standard InChI is InChI=1S/C25H30N2O4S/c1-16-6-8-19(9-7-16)32(28,29)24-13-26-21-12-23(31-5)22(30-4)11-20(21)25(24)27-14-17(2)10-18(3)15-27/h6-9,11-13,17-18H,10,14-15H2,1-5H3. The van der Waals surface area contributed by atoms with Gasteiger partial charge in [-0.15, -0.1) is 0 Å². The lowest BCUT2D eigenvalue weighted by molar-refractivity contribution is 0.354. The Labute approximate surface area is 190 Å². The maximum atomic E-state index is 13.8. The van der Waals surface area contributed by atoms with Gasteiger partial charge in [-0.05, 0) is 43.4 Å². The minimum Gasteiger partial charge on any atom is -0.493 e. The van der Waals surface area contributed by atoms with E-state index in [1.54, 1.807) is 32.4 Å². The van der Waals surface area contributed by atoms with Crippen LogP contribution in [0.5, 0.6) is 11.5 Å². The number of pyridine rings is 1. The summed E-state index contributed by atoms with van der Waals surface area (Å²) in [5, 5.41) is 0.747. The van der Waals surface area contributed by atoms with Crippen molar-refractivity contribution < 1.29 is 17.9 Å². The molecular weight excluding hydrogens is 424 g/mol. The molecule has 0 saturated carbocycles. The summed E-state index contributed by atoms with van der Waals surface area (Å²) in [4.78, 5) is 7.22. The van der Waals surface area contributed by atoms with Crippen molar-refractivity contribution in [2.75, 3.05) is 32.2 Å². The highest BCUT2D eigenvalue weighted by atomic mass is 32.2. The second-order valence-electron chi connectivity index (χ2n) is 8.86. The number of aromatic nitrogens is 1. The van der Waals surface area contributed by atoms with E-state index in [2.05, 4.69) is 23.7 Å². The highest BCUT2D eigenvalue weighted by Gasteiger charge is 2.31. The van der Waals surface area contributed by atoms with E-state index in [9.17, 15) is 8.42 Å². The maximum Gasteiger partial charge on any atom is 0.210 e. The van der Waals surface area contributed by atoms with Gasteiger partial charge in [0.2, 0.25) is 9.84 Å². The number of ether oxygens (including phenoxy) is 2. The van der Waals surface area contributed by atoms with Gasteiger partial charge in [-0.3, -0.25) is 4.98 Å². The molecule has 7 heteroatoms. The smallest absolute Gasteiger partial charge is 0.210 e. The van der Waals surface area contributed by atoms with Crippen molar-refractivity contribution in [1.29, 1.82) is 0 Å². The first-order chi connectivity index (χ1) is 15.2. The van der Waals surface area contributed by atoms with Gasteiger partial charge in [-0.25, -0.2) is 8.42 Å². The van der Waals surface area contributed by atoms with Gasteiger partial charge in [-0.1, -0.05) is 31.5 Å². The van der Waals surface area contributed by atoms with Crippen LogP contribution >= 0.6 is 0 Å². The third kappa shape index (κ3) is 4.01. The van der Waals surface area contributed by atoms with E-state index in [0.717, 1.165) is 30.5 Å². The normalized spacial score (nSPS) is 19.2. The number of fused-ring (bicyclic) bond motifs is 1. The summed E-state index contributed by atoms with van der Waals surface area (Å²) in [6.07, 6.45) is 2.61. The number of nitrogens with zero attached hydrogens (tertiary/aromatic N) is 2. The first-order valence-electron chi connectivity index (χ1n) is 10.9. The minimum atomic E-state index is -3.77. The summed E-state index contributed by atoms with van der Waals surface area (Å²) >= 11 is 0. The van der Waals surface area contributed by atoms with Crippen LogP contribution in [-0.4, -0.2) is 40.7 Å². The SMILES string of the molecule is COc1cc2ncc(S(=O)(=O)c3ccc(C)cc3)c(N3CC(C)CC(C)C3)c2cc1OC. The third-order valence-electron chi connectivity index (χ3n) is 6.12. The number of hydrogen-bond donors (Lipinski definition) is 0. The van der Waals surface area contributed by atoms with Gasteiger partial charge < -0.3 is 14.4 Å². The van der Waals surface area contributed by atoms with Crippen LogP contribution in [0.3, 0.4) is 0 Å². The van der Waals surface area contributed by atoms with E-state index in [-0.39, 0.29) is 9.79 Å². The quantitative estimate of drug-likeness (QED) is 0.548. The Balaban J connectivity index is 2.01. The van der Waals surface area contributed by atoms with Crippen molar-refractivity contribution >= 4 is 26.4 Å². The van der Waals surface area contributed by atoms with Crippen molar-refractivity contribution in [3.8, 4) is 11.5 Å². The van der Waals surface area contributed by atoms with Crippen molar-refractivity contribution in [2.45, 2.75) is 37.0 Å². The van der Waals surface area contributed by atoms with Crippen molar-refractivity contribution in [3.05, 3.63) is 48.2 Å².